The second kappa shape index (κ2) is 60.0. The van der Waals surface area contributed by atoms with E-state index in [0.29, 0.717) is 95.6 Å². The lowest BCUT2D eigenvalue weighted by Crippen LogP contribution is -2.17. The SMILES string of the molecule is CC(C)c1cccnc1.CC(C)c1cccnc1.CC(C)c1ccnc2c1C=CC2.CC(C)c1ccnc2c1CCC(=O)C2.CC(C)c1ccnc2ccccc12.CC(C)c1ccnc2ccsc12.CC(C)c1ccnc2sccc12.CC(C)c1ccncc1.CC(C)c1ccncc1.CC(C)c1ccnnc1.CC(C)c1cnccn1.CC(C)c1cnn2ccccc12.CC(C)c1cnoc1. The molecule has 0 radical (unpaired) electrons. The quantitative estimate of drug-likeness (QED) is 0.104. The molecule has 1 aromatic carbocycles. The third-order valence-corrected chi connectivity index (χ3v) is 24.3. The van der Waals surface area contributed by atoms with E-state index >= 15 is 0 Å². The Hall–Kier alpha value is -12.8. The number of hydrogen-bond acceptors (Lipinski definition) is 19. The molecule has 0 bridgehead atoms. The molecule has 0 unspecified atom stereocenters. The van der Waals surface area contributed by atoms with Crippen LogP contribution in [-0.4, -0.2) is 85.6 Å². The molecule has 0 saturated heterocycles. The topological polar surface area (TPSA) is 228 Å². The summed E-state index contributed by atoms with van der Waals surface area (Å²) in [6.45, 7) is 56.5. The van der Waals surface area contributed by atoms with Crippen LogP contribution in [0.2, 0.25) is 0 Å². The van der Waals surface area contributed by atoms with Crippen LogP contribution >= 0.6 is 22.7 Å². The summed E-state index contributed by atoms with van der Waals surface area (Å²) in [5, 5.41) is 22.1. The Morgan fingerprint density at radius 1 is 0.328 bits per heavy atom. The second-order valence-electron chi connectivity index (χ2n) is 37.4. The first-order valence-electron chi connectivity index (χ1n) is 48.3. The fourth-order valence-corrected chi connectivity index (χ4v) is 16.0. The van der Waals surface area contributed by atoms with E-state index in [4.69, 9.17) is 0 Å². The molecular weight excluding hydrogens is 1730 g/mol. The van der Waals surface area contributed by atoms with Crippen LogP contribution in [0.1, 0.15) is 358 Å². The van der Waals surface area contributed by atoms with Crippen LogP contribution in [0.25, 0.3) is 42.9 Å². The highest BCUT2D eigenvalue weighted by molar-refractivity contribution is 7.17. The van der Waals surface area contributed by atoms with Crippen molar-refractivity contribution in [1.82, 2.24) is 79.8 Å². The van der Waals surface area contributed by atoms with Crippen molar-refractivity contribution in [3.8, 4) is 0 Å². The van der Waals surface area contributed by atoms with Gasteiger partial charge in [0.15, 0.2) is 0 Å². The molecule has 0 saturated carbocycles. The zero-order chi connectivity index (χ0) is 99.7. The molecule has 0 spiro atoms. The Labute approximate surface area is 825 Å². The minimum atomic E-state index is 0.325. The molecule has 0 fully saturated rings. The molecule has 720 valence electrons. The number of pyridine rings is 10. The lowest BCUT2D eigenvalue weighted by Gasteiger charge is -2.19. The van der Waals surface area contributed by atoms with Crippen LogP contribution < -0.4 is 0 Å². The van der Waals surface area contributed by atoms with Crippen molar-refractivity contribution in [1.29, 1.82) is 0 Å². The number of Topliss-reactive ketones (excluding diaryl/α,β-unsaturated/α-hetero) is 1. The molecule has 20 heteroatoms. The number of rotatable bonds is 13. The monoisotopic (exact) mass is 1870 g/mol. The molecule has 19 rings (SSSR count). The molecule has 18 nitrogen and oxygen atoms in total. The van der Waals surface area contributed by atoms with Gasteiger partial charge >= 0.3 is 0 Å². The van der Waals surface area contributed by atoms with Crippen LogP contribution in [0.4, 0.5) is 0 Å². The number of benzene rings is 1. The summed E-state index contributed by atoms with van der Waals surface area (Å²) in [7, 11) is 0. The maximum Gasteiger partial charge on any atom is 0.139 e. The number of carbonyl (C=O) groups excluding carboxylic acids is 1. The average molecular weight is 1870 g/mol. The molecule has 0 amide bonds. The van der Waals surface area contributed by atoms with E-state index in [-0.39, 0.29) is 0 Å². The lowest BCUT2D eigenvalue weighted by atomic mass is 9.87. The Kier molecular flexibility index (Phi) is 48.7. The number of fused-ring (bicyclic) bond motifs is 6. The van der Waals surface area contributed by atoms with E-state index in [1.165, 1.54) is 99.0 Å². The number of para-hydroxylation sites is 1. The normalized spacial score (nSPS) is 11.4. The Morgan fingerprint density at radius 3 is 1.32 bits per heavy atom. The second-order valence-corrected chi connectivity index (χ2v) is 39.2. The van der Waals surface area contributed by atoms with E-state index < -0.39 is 0 Å². The fraction of sp³-hybridized carbons (Fsp3) is 0.368. The third-order valence-electron chi connectivity index (χ3n) is 22.6. The fourth-order valence-electron chi connectivity index (χ4n) is 14.2. The van der Waals surface area contributed by atoms with E-state index in [2.05, 4.69) is 362 Å². The van der Waals surface area contributed by atoms with Gasteiger partial charge in [-0.05, 0) is 264 Å². The number of hydrogen-bond donors (Lipinski definition) is 0. The predicted octanol–water partition coefficient (Wildman–Crippen LogP) is 31.5. The number of nitrogens with zero attached hydrogens (tertiary/aromatic N) is 16. The standard InChI is InChI=1S/C12H15NO.C12H13N.C11H13N.C10H12N2.2C10H11NS.4C8H11N.2C7H10N2.C6H9NO/c1-8(2)10-5-6-13-12-7-9(14)3-4-11(10)12;1-9(2)10-7-8-13-12-6-4-3-5-11(10)12;1-8(2)9-6-7-12-11-5-3-4-10(9)11;1-8(2)9-7-11-12-6-4-3-5-10(9)12;1-7(2)8-3-5-11-9-4-6-12-10(8)9;1-7(2)8-3-5-11-10-9(8)4-6-12-10;2*1-7(2)8-3-5-9-6-4-8;2*1-7(2)8-4-3-5-9-6-8;1-6(2)7-5-8-3-4-9-7;1-6(2)7-3-4-8-9-5-7;1-5(2)6-3-7-8-4-6/h5-6,8H,3-4,7H2,1-2H3;3-9H,1-2H3;3-4,6-8H,5H2,1-2H3;3-8H,1-2H3;2*3-7H,1-2H3;4*3-7H,1-2H3;2*3-6H,1-2H3;3-5H,1-2H3. The van der Waals surface area contributed by atoms with Crippen molar-refractivity contribution in [2.45, 2.75) is 283 Å². The van der Waals surface area contributed by atoms with Crippen molar-refractivity contribution in [3.63, 3.8) is 0 Å². The first-order valence-corrected chi connectivity index (χ1v) is 50.1. The molecule has 16 aromatic heterocycles. The smallest absolute Gasteiger partial charge is 0.139 e. The maximum atomic E-state index is 11.3. The number of thiophene rings is 2. The summed E-state index contributed by atoms with van der Waals surface area (Å²) in [6.07, 6.45) is 47.7. The van der Waals surface area contributed by atoms with Crippen LogP contribution in [0, 0.1) is 0 Å². The van der Waals surface area contributed by atoms with Crippen LogP contribution in [-0.2, 0) is 24.1 Å². The Morgan fingerprint density at radius 2 is 0.832 bits per heavy atom. The van der Waals surface area contributed by atoms with E-state index in [9.17, 15) is 4.79 Å². The summed E-state index contributed by atoms with van der Waals surface area (Å²) < 4.78 is 7.88. The maximum absolute atomic E-state index is 11.3. The zero-order valence-electron chi connectivity index (χ0n) is 85.9. The van der Waals surface area contributed by atoms with Gasteiger partial charge in [0.2, 0.25) is 0 Å². The van der Waals surface area contributed by atoms with Gasteiger partial charge in [0, 0.05) is 153 Å². The van der Waals surface area contributed by atoms with Gasteiger partial charge in [-0.1, -0.05) is 234 Å². The molecule has 2 aliphatic carbocycles. The summed E-state index contributed by atoms with van der Waals surface area (Å²) >= 11 is 3.49. The number of allylic oxidation sites excluding steroid dienone is 1. The van der Waals surface area contributed by atoms with E-state index in [0.717, 1.165) is 45.7 Å². The van der Waals surface area contributed by atoms with Gasteiger partial charge in [-0.25, -0.2) is 9.50 Å². The Bertz CT molecular complexity index is 5770. The predicted molar refractivity (Wildman–Crippen MR) is 575 cm³/mol. The van der Waals surface area contributed by atoms with E-state index in [1.54, 1.807) is 78.5 Å². The van der Waals surface area contributed by atoms with Gasteiger partial charge in [0.05, 0.1) is 56.9 Å². The molecule has 17 aromatic rings. The van der Waals surface area contributed by atoms with Crippen molar-refractivity contribution in [2.75, 3.05) is 0 Å². The highest BCUT2D eigenvalue weighted by atomic mass is 32.1. The van der Waals surface area contributed by atoms with Crippen LogP contribution in [0.5, 0.6) is 0 Å². The molecule has 16 heterocycles. The van der Waals surface area contributed by atoms with Crippen molar-refractivity contribution in [2.24, 2.45) is 0 Å². The van der Waals surface area contributed by atoms with Gasteiger partial charge in [-0.15, -0.1) is 22.7 Å². The summed E-state index contributed by atoms with van der Waals surface area (Å²) in [4.78, 5) is 57.9. The van der Waals surface area contributed by atoms with Crippen molar-refractivity contribution in [3.05, 3.63) is 388 Å². The molecule has 0 N–H and O–H groups in total. The largest absolute Gasteiger partial charge is 0.364 e. The number of ketones is 1. The van der Waals surface area contributed by atoms with Gasteiger partial charge in [0.1, 0.15) is 16.9 Å². The molecule has 2 aliphatic rings. The highest BCUT2D eigenvalue weighted by Crippen LogP contribution is 2.32. The molecule has 0 atom stereocenters. The van der Waals surface area contributed by atoms with Crippen molar-refractivity contribution < 1.29 is 9.32 Å². The summed E-state index contributed by atoms with van der Waals surface area (Å²) in [5.41, 5.74) is 25.4. The van der Waals surface area contributed by atoms with Crippen molar-refractivity contribution >= 4 is 71.4 Å². The van der Waals surface area contributed by atoms with E-state index in [1.807, 2.05) is 146 Å². The van der Waals surface area contributed by atoms with Gasteiger partial charge in [-0.3, -0.25) is 54.6 Å². The molecule has 137 heavy (non-hydrogen) atoms. The average Bonchev–Trinajstić information content (AvgIpc) is 1.76. The number of aromatic nitrogens is 16. The van der Waals surface area contributed by atoms with Crippen LogP contribution in [0.3, 0.4) is 0 Å². The zero-order valence-corrected chi connectivity index (χ0v) is 87.5. The lowest BCUT2D eigenvalue weighted by molar-refractivity contribution is -0.118. The third kappa shape index (κ3) is 38.0. The first kappa shape index (κ1) is 111. The first-order chi connectivity index (χ1) is 65.8. The number of carbonyl (C=O) groups is 1. The Balaban J connectivity index is 0.000000203. The highest BCUT2D eigenvalue weighted by Gasteiger charge is 2.21. The summed E-state index contributed by atoms with van der Waals surface area (Å²) in [6, 6.07) is 47.5. The van der Waals surface area contributed by atoms with Crippen LogP contribution in [0.15, 0.2) is 297 Å². The van der Waals surface area contributed by atoms with Gasteiger partial charge in [0.25, 0.3) is 0 Å². The minimum Gasteiger partial charge on any atom is -0.364 e. The summed E-state index contributed by atoms with van der Waals surface area (Å²) in [5.74, 6) is 7.74. The molecular formula is C117H148N16O2S2. The minimum absolute atomic E-state index is 0.325. The van der Waals surface area contributed by atoms with Gasteiger partial charge in [-0.2, -0.15) is 15.3 Å². The van der Waals surface area contributed by atoms with Gasteiger partial charge < -0.3 is 4.52 Å². The molecule has 0 aliphatic heterocycles.